The van der Waals surface area contributed by atoms with Gasteiger partial charge in [0.25, 0.3) is 0 Å². The van der Waals surface area contributed by atoms with Gasteiger partial charge >= 0.3 is 5.97 Å². The fourth-order valence-electron chi connectivity index (χ4n) is 8.46. The van der Waals surface area contributed by atoms with Crippen LogP contribution in [0.2, 0.25) is 0 Å². The van der Waals surface area contributed by atoms with E-state index in [1.807, 2.05) is 13.8 Å². The van der Waals surface area contributed by atoms with Crippen LogP contribution < -0.4 is 0 Å². The molecule has 4 rings (SSSR count). The first-order valence-corrected chi connectivity index (χ1v) is 12.7. The van der Waals surface area contributed by atoms with Gasteiger partial charge < -0.3 is 20.4 Å². The highest BCUT2D eigenvalue weighted by molar-refractivity contribution is 5.93. The molecular weight excluding hydrogens is 436 g/mol. The van der Waals surface area contributed by atoms with Crippen LogP contribution in [0.4, 0.5) is 0 Å². The number of carbonyl (C=O) groups excluding carboxylic acids is 2. The second-order valence-electron chi connectivity index (χ2n) is 12.8. The van der Waals surface area contributed by atoms with Crippen LogP contribution in [-0.4, -0.2) is 55.8 Å². The number of aliphatic hydroxyl groups is 3. The molecule has 4 aliphatic rings. The Morgan fingerprint density at radius 1 is 1.24 bits per heavy atom. The molecule has 190 valence electrons. The smallest absolute Gasteiger partial charge is 0.309 e. The first-order chi connectivity index (χ1) is 15.6. The molecule has 4 N–H and O–H groups in total. The number of carboxylic acid groups (broad SMARTS) is 1. The number of fused-ring (bicyclic) bond motifs is 5. The third-order valence-corrected chi connectivity index (χ3v) is 10.4. The quantitative estimate of drug-likeness (QED) is 0.480. The monoisotopic (exact) mass is 476 g/mol. The minimum absolute atomic E-state index is 0.0134. The molecule has 0 amide bonds. The molecule has 3 saturated carbocycles. The first-order valence-electron chi connectivity index (χ1n) is 12.7. The third kappa shape index (κ3) is 3.37. The van der Waals surface area contributed by atoms with E-state index in [0.29, 0.717) is 19.3 Å². The summed E-state index contributed by atoms with van der Waals surface area (Å²) >= 11 is 0. The largest absolute Gasteiger partial charge is 0.481 e. The van der Waals surface area contributed by atoms with Crippen molar-refractivity contribution >= 4 is 17.5 Å². The van der Waals surface area contributed by atoms with Crippen LogP contribution in [0.25, 0.3) is 0 Å². The lowest BCUT2D eigenvalue weighted by molar-refractivity contribution is -0.191. The topological polar surface area (TPSA) is 132 Å². The van der Waals surface area contributed by atoms with Crippen LogP contribution in [0.15, 0.2) is 11.6 Å². The summed E-state index contributed by atoms with van der Waals surface area (Å²) < 4.78 is 0. The molecule has 3 fully saturated rings. The van der Waals surface area contributed by atoms with Gasteiger partial charge in [-0.15, -0.1) is 0 Å². The van der Waals surface area contributed by atoms with E-state index in [2.05, 4.69) is 6.92 Å². The molecule has 4 aliphatic carbocycles. The molecular formula is C27H40O7. The molecule has 0 bridgehead atoms. The molecule has 1 unspecified atom stereocenters. The number of allylic oxidation sites excluding steroid dienone is 1. The number of Topliss-reactive ketones (excluding diaryl/α,β-unsaturated/α-hetero) is 1. The number of aliphatic hydroxyl groups excluding tert-OH is 2. The Balaban J connectivity index is 1.68. The van der Waals surface area contributed by atoms with Crippen LogP contribution in [0.3, 0.4) is 0 Å². The Hall–Kier alpha value is -1.57. The SMILES string of the molecule is C[C@@H]1C[C@H]2[C@@H]3CCC4=CC(=O)CC[C@]4(C)[C@H]3[C@@H](O)C[C@]2(C)[C@@]1(O)C(=O)C(O)CC(C)(C)C(=O)O. The van der Waals surface area contributed by atoms with Gasteiger partial charge in [-0.05, 0) is 87.5 Å². The van der Waals surface area contributed by atoms with E-state index < -0.39 is 46.3 Å². The average molecular weight is 477 g/mol. The molecule has 0 heterocycles. The number of carboxylic acids is 1. The Kier molecular flexibility index (Phi) is 5.98. The van der Waals surface area contributed by atoms with Crippen molar-refractivity contribution in [1.82, 2.24) is 0 Å². The summed E-state index contributed by atoms with van der Waals surface area (Å²) in [7, 11) is 0. The van der Waals surface area contributed by atoms with E-state index in [0.717, 1.165) is 18.4 Å². The molecule has 0 saturated heterocycles. The molecule has 0 aromatic rings. The summed E-state index contributed by atoms with van der Waals surface area (Å²) in [6.07, 6.45) is 2.73. The van der Waals surface area contributed by atoms with Gasteiger partial charge in [0, 0.05) is 11.8 Å². The number of aliphatic carboxylic acids is 1. The van der Waals surface area contributed by atoms with Crippen LogP contribution in [0.5, 0.6) is 0 Å². The van der Waals surface area contributed by atoms with Crippen molar-refractivity contribution in [1.29, 1.82) is 0 Å². The van der Waals surface area contributed by atoms with Gasteiger partial charge in [0.1, 0.15) is 11.7 Å². The van der Waals surface area contributed by atoms with Gasteiger partial charge in [0.05, 0.1) is 11.5 Å². The van der Waals surface area contributed by atoms with Crippen molar-refractivity contribution in [3.63, 3.8) is 0 Å². The summed E-state index contributed by atoms with van der Waals surface area (Å²) in [5.74, 6) is -2.08. The highest BCUT2D eigenvalue weighted by Crippen LogP contribution is 2.69. The van der Waals surface area contributed by atoms with Gasteiger partial charge in [-0.25, -0.2) is 0 Å². The van der Waals surface area contributed by atoms with Gasteiger partial charge in [0.15, 0.2) is 11.6 Å². The minimum atomic E-state index is -1.85. The molecule has 7 heteroatoms. The van der Waals surface area contributed by atoms with Crippen molar-refractivity contribution in [2.75, 3.05) is 0 Å². The van der Waals surface area contributed by atoms with Gasteiger partial charge in [-0.1, -0.05) is 26.3 Å². The summed E-state index contributed by atoms with van der Waals surface area (Å²) in [5.41, 5.74) is -3.24. The summed E-state index contributed by atoms with van der Waals surface area (Å²) in [6.45, 7) is 8.76. The maximum atomic E-state index is 13.6. The summed E-state index contributed by atoms with van der Waals surface area (Å²) in [4.78, 5) is 37.2. The van der Waals surface area contributed by atoms with Gasteiger partial charge in [0.2, 0.25) is 0 Å². The fourth-order valence-corrected chi connectivity index (χ4v) is 8.46. The second-order valence-corrected chi connectivity index (χ2v) is 12.8. The zero-order chi connectivity index (χ0) is 25.4. The molecule has 0 aliphatic heterocycles. The second kappa shape index (κ2) is 7.97. The Bertz CT molecular complexity index is 937. The van der Waals surface area contributed by atoms with E-state index in [-0.39, 0.29) is 41.8 Å². The zero-order valence-corrected chi connectivity index (χ0v) is 21.0. The van der Waals surface area contributed by atoms with Crippen LogP contribution in [0.1, 0.15) is 79.6 Å². The third-order valence-electron chi connectivity index (χ3n) is 10.4. The lowest BCUT2D eigenvalue weighted by Crippen LogP contribution is -2.64. The fraction of sp³-hybridized carbons (Fsp3) is 0.815. The Morgan fingerprint density at radius 2 is 1.88 bits per heavy atom. The van der Waals surface area contributed by atoms with Gasteiger partial charge in [-0.2, -0.15) is 0 Å². The van der Waals surface area contributed by atoms with Crippen molar-refractivity contribution in [3.05, 3.63) is 11.6 Å². The van der Waals surface area contributed by atoms with Crippen LogP contribution >= 0.6 is 0 Å². The van der Waals surface area contributed by atoms with Crippen molar-refractivity contribution in [3.8, 4) is 0 Å². The maximum absolute atomic E-state index is 13.6. The number of rotatable bonds is 5. The predicted octanol–water partition coefficient (Wildman–Crippen LogP) is 2.90. The van der Waals surface area contributed by atoms with Crippen LogP contribution in [-0.2, 0) is 14.4 Å². The molecule has 9 atom stereocenters. The Labute approximate surface area is 201 Å². The highest BCUT2D eigenvalue weighted by atomic mass is 16.4. The molecule has 0 radical (unpaired) electrons. The predicted molar refractivity (Wildman–Crippen MR) is 125 cm³/mol. The number of hydrogen-bond acceptors (Lipinski definition) is 6. The molecule has 0 aromatic heterocycles. The molecule has 0 spiro atoms. The summed E-state index contributed by atoms with van der Waals surface area (Å²) in [5, 5.41) is 43.8. The number of carbonyl (C=O) groups is 3. The lowest BCUT2D eigenvalue weighted by Gasteiger charge is -2.60. The van der Waals surface area contributed by atoms with E-state index in [4.69, 9.17) is 0 Å². The molecule has 0 aromatic carbocycles. The number of ketones is 2. The van der Waals surface area contributed by atoms with E-state index >= 15 is 0 Å². The van der Waals surface area contributed by atoms with E-state index in [1.165, 1.54) is 13.8 Å². The maximum Gasteiger partial charge on any atom is 0.309 e. The van der Waals surface area contributed by atoms with Crippen LogP contribution in [0, 0.1) is 39.9 Å². The highest BCUT2D eigenvalue weighted by Gasteiger charge is 2.71. The van der Waals surface area contributed by atoms with Gasteiger partial charge in [-0.3, -0.25) is 14.4 Å². The molecule has 7 nitrogen and oxygen atoms in total. The van der Waals surface area contributed by atoms with Crippen molar-refractivity contribution < 1.29 is 34.8 Å². The standard InChI is InChI=1S/C27H40O7/c1-14-10-18-17-7-6-15-11-16(28)8-9-25(15,4)21(17)19(29)13-26(18,5)27(14,34)22(31)20(30)12-24(2,3)23(32)33/h11,14,17-21,29-30,34H,6-10,12-13H2,1-5H3,(H,32,33)/t14-,17+,18+,19+,20?,21-,25+,26+,27+/m1/s1. The zero-order valence-electron chi connectivity index (χ0n) is 21.0. The minimum Gasteiger partial charge on any atom is -0.481 e. The first kappa shape index (κ1) is 25.5. The van der Waals surface area contributed by atoms with E-state index in [9.17, 15) is 34.8 Å². The van der Waals surface area contributed by atoms with Crippen molar-refractivity contribution in [2.45, 2.75) is 97.4 Å². The van der Waals surface area contributed by atoms with Crippen molar-refractivity contribution in [2.24, 2.45) is 39.9 Å². The lowest BCUT2D eigenvalue weighted by atomic mass is 9.45. The Morgan fingerprint density at radius 3 is 2.50 bits per heavy atom. The normalized spacial score (nSPS) is 45.0. The number of hydrogen-bond donors (Lipinski definition) is 4. The van der Waals surface area contributed by atoms with E-state index in [1.54, 1.807) is 6.08 Å². The average Bonchev–Trinajstić information content (AvgIpc) is 2.94. The summed E-state index contributed by atoms with van der Waals surface area (Å²) in [6, 6.07) is 0. The molecule has 34 heavy (non-hydrogen) atoms.